The number of hydrogen-bond acceptors (Lipinski definition) is 4. The van der Waals surface area contributed by atoms with E-state index >= 15 is 0 Å². The van der Waals surface area contributed by atoms with Crippen LogP contribution >= 0.6 is 0 Å². The van der Waals surface area contributed by atoms with E-state index in [9.17, 15) is 19.3 Å². The van der Waals surface area contributed by atoms with Crippen LogP contribution in [0.4, 0.5) is 15.8 Å². The van der Waals surface area contributed by atoms with Gasteiger partial charge in [-0.3, -0.25) is 10.1 Å². The fourth-order valence-corrected chi connectivity index (χ4v) is 1.09. The lowest BCUT2D eigenvalue weighted by molar-refractivity contribution is -0.387. The Kier molecular flexibility index (Phi) is 2.84. The minimum atomic E-state index is -1.36. The van der Waals surface area contributed by atoms with E-state index in [4.69, 9.17) is 5.11 Å². The van der Waals surface area contributed by atoms with E-state index in [1.54, 1.807) is 0 Å². The second kappa shape index (κ2) is 3.91. The van der Waals surface area contributed by atoms with Gasteiger partial charge in [0, 0.05) is 19.2 Å². The van der Waals surface area contributed by atoms with Gasteiger partial charge >= 0.3 is 11.7 Å². The van der Waals surface area contributed by atoms with Crippen LogP contribution in [0.15, 0.2) is 12.1 Å². The number of nitro benzene ring substituents is 1. The molecule has 0 heterocycles. The Morgan fingerprint density at radius 3 is 2.60 bits per heavy atom. The number of halogens is 1. The number of nitrogens with zero attached hydrogens (tertiary/aromatic N) is 1. The molecule has 0 bridgehead atoms. The predicted molar refractivity (Wildman–Crippen MR) is 49.6 cm³/mol. The largest absolute Gasteiger partial charge is 0.478 e. The molecule has 1 aromatic rings. The number of carbonyl (C=O) groups is 1. The van der Waals surface area contributed by atoms with Crippen LogP contribution < -0.4 is 5.32 Å². The van der Waals surface area contributed by atoms with Crippen molar-refractivity contribution in [3.05, 3.63) is 33.6 Å². The van der Waals surface area contributed by atoms with E-state index in [0.29, 0.717) is 6.07 Å². The molecule has 0 saturated heterocycles. The van der Waals surface area contributed by atoms with Gasteiger partial charge in [0.25, 0.3) is 0 Å². The molecule has 80 valence electrons. The van der Waals surface area contributed by atoms with Crippen LogP contribution in [0.1, 0.15) is 10.4 Å². The van der Waals surface area contributed by atoms with Crippen molar-refractivity contribution >= 4 is 17.3 Å². The summed E-state index contributed by atoms with van der Waals surface area (Å²) in [4.78, 5) is 20.1. The Bertz CT molecular complexity index is 433. The second-order valence-corrected chi connectivity index (χ2v) is 2.66. The van der Waals surface area contributed by atoms with Gasteiger partial charge in [-0.25, -0.2) is 4.79 Å². The van der Waals surface area contributed by atoms with Gasteiger partial charge in [-0.15, -0.1) is 0 Å². The Morgan fingerprint density at radius 1 is 1.60 bits per heavy atom. The van der Waals surface area contributed by atoms with Crippen molar-refractivity contribution in [2.75, 3.05) is 12.4 Å². The Balaban J connectivity index is 3.43. The van der Waals surface area contributed by atoms with Gasteiger partial charge < -0.3 is 10.4 Å². The summed E-state index contributed by atoms with van der Waals surface area (Å²) in [5.41, 5.74) is -1.21. The van der Waals surface area contributed by atoms with Crippen LogP contribution in [-0.2, 0) is 0 Å². The quantitative estimate of drug-likeness (QED) is 0.587. The summed E-state index contributed by atoms with van der Waals surface area (Å²) >= 11 is 0. The predicted octanol–water partition coefficient (Wildman–Crippen LogP) is 1.47. The van der Waals surface area contributed by atoms with Crippen LogP contribution in [0.2, 0.25) is 0 Å². The minimum Gasteiger partial charge on any atom is -0.478 e. The van der Waals surface area contributed by atoms with Gasteiger partial charge in [0.15, 0.2) is 0 Å². The van der Waals surface area contributed by atoms with E-state index < -0.39 is 22.4 Å². The summed E-state index contributed by atoms with van der Waals surface area (Å²) in [6.07, 6.45) is 0. The van der Waals surface area contributed by atoms with E-state index in [1.165, 1.54) is 7.05 Å². The Hall–Kier alpha value is -2.18. The number of nitrogens with one attached hydrogen (secondary N) is 1. The molecule has 2 N–H and O–H groups in total. The highest BCUT2D eigenvalue weighted by Crippen LogP contribution is 2.25. The first-order valence-electron chi connectivity index (χ1n) is 3.86. The summed E-state index contributed by atoms with van der Waals surface area (Å²) in [6.45, 7) is 0. The van der Waals surface area contributed by atoms with Crippen molar-refractivity contribution in [2.24, 2.45) is 0 Å². The van der Waals surface area contributed by atoms with Crippen LogP contribution in [0.3, 0.4) is 0 Å². The van der Waals surface area contributed by atoms with Gasteiger partial charge in [-0.05, 0) is 0 Å². The molecule has 0 atom stereocenters. The number of aromatic carboxylic acids is 1. The van der Waals surface area contributed by atoms with Gasteiger partial charge in [0.1, 0.15) is 0 Å². The monoisotopic (exact) mass is 214 g/mol. The smallest absolute Gasteiger partial charge is 0.338 e. The number of carboxylic acid groups (broad SMARTS) is 1. The topological polar surface area (TPSA) is 92.5 Å². The maximum Gasteiger partial charge on any atom is 0.338 e. The highest BCUT2D eigenvalue weighted by atomic mass is 19.1. The third-order valence-corrected chi connectivity index (χ3v) is 1.78. The number of carboxylic acids is 1. The molecule has 15 heavy (non-hydrogen) atoms. The molecule has 1 rings (SSSR count). The third-order valence-electron chi connectivity index (χ3n) is 1.78. The lowest BCUT2D eigenvalue weighted by Crippen LogP contribution is -2.05. The molecule has 1 aromatic carbocycles. The first kappa shape index (κ1) is 10.9. The zero-order valence-electron chi connectivity index (χ0n) is 7.65. The van der Waals surface area contributed by atoms with E-state index in [2.05, 4.69) is 5.32 Å². The number of hydrogen-bond donors (Lipinski definition) is 2. The van der Waals surface area contributed by atoms with Crippen LogP contribution in [-0.4, -0.2) is 23.0 Å². The Labute approximate surface area is 83.5 Å². The normalized spacial score (nSPS) is 9.73. The molecule has 0 unspecified atom stereocenters. The number of anilines is 1. The molecule has 0 spiro atoms. The second-order valence-electron chi connectivity index (χ2n) is 2.66. The molecule has 0 amide bonds. The van der Waals surface area contributed by atoms with Crippen molar-refractivity contribution in [3.63, 3.8) is 0 Å². The molecule has 6 nitrogen and oxygen atoms in total. The lowest BCUT2D eigenvalue weighted by atomic mass is 10.1. The van der Waals surface area contributed by atoms with E-state index in [1.807, 2.05) is 0 Å². The van der Waals surface area contributed by atoms with Crippen molar-refractivity contribution in [1.29, 1.82) is 0 Å². The molecule has 0 aromatic heterocycles. The zero-order chi connectivity index (χ0) is 11.6. The minimum absolute atomic E-state index is 0.00870. The summed E-state index contributed by atoms with van der Waals surface area (Å²) in [6, 6.07) is 1.46. The average Bonchev–Trinajstić information content (AvgIpc) is 2.16. The standard InChI is InChI=1S/C8H7FN2O4/c1-10-6-3-5(9)7(11(14)15)2-4(6)8(12)13/h2-3,10H,1H3,(H,12,13). The third kappa shape index (κ3) is 2.01. The molecule has 0 fully saturated rings. The van der Waals surface area contributed by atoms with Crippen LogP contribution in [0.5, 0.6) is 0 Å². The first-order chi connectivity index (χ1) is 6.97. The SMILES string of the molecule is CNc1cc(F)c([N+](=O)[O-])cc1C(=O)O. The lowest BCUT2D eigenvalue weighted by Gasteiger charge is -2.05. The summed E-state index contributed by atoms with van der Waals surface area (Å²) in [7, 11) is 1.40. The maximum absolute atomic E-state index is 13.1. The van der Waals surface area contributed by atoms with E-state index in [0.717, 1.165) is 6.07 Å². The van der Waals surface area contributed by atoms with Crippen LogP contribution in [0.25, 0.3) is 0 Å². The fourth-order valence-electron chi connectivity index (χ4n) is 1.09. The van der Waals surface area contributed by atoms with Gasteiger partial charge in [0.05, 0.1) is 16.2 Å². The first-order valence-corrected chi connectivity index (χ1v) is 3.86. The highest BCUT2D eigenvalue weighted by Gasteiger charge is 2.20. The fraction of sp³-hybridized carbons (Fsp3) is 0.125. The van der Waals surface area contributed by atoms with Gasteiger partial charge in [-0.1, -0.05) is 0 Å². The van der Waals surface area contributed by atoms with Gasteiger partial charge in [0.2, 0.25) is 5.82 Å². The molecule has 0 aliphatic rings. The Morgan fingerprint density at radius 2 is 2.20 bits per heavy atom. The molecular formula is C8H7FN2O4. The zero-order valence-corrected chi connectivity index (χ0v) is 7.65. The molecule has 0 saturated carbocycles. The number of rotatable bonds is 3. The summed E-state index contributed by atoms with van der Waals surface area (Å²) in [5, 5.41) is 21.5. The molecule has 0 aliphatic carbocycles. The van der Waals surface area contributed by atoms with E-state index in [-0.39, 0.29) is 11.3 Å². The number of nitro groups is 1. The van der Waals surface area contributed by atoms with Crippen molar-refractivity contribution < 1.29 is 19.2 Å². The maximum atomic E-state index is 13.1. The van der Waals surface area contributed by atoms with Crippen molar-refractivity contribution in [1.82, 2.24) is 0 Å². The van der Waals surface area contributed by atoms with Crippen molar-refractivity contribution in [2.45, 2.75) is 0 Å². The average molecular weight is 214 g/mol. The van der Waals surface area contributed by atoms with Crippen LogP contribution in [0, 0.1) is 15.9 Å². The summed E-state index contributed by atoms with van der Waals surface area (Å²) < 4.78 is 13.1. The van der Waals surface area contributed by atoms with Gasteiger partial charge in [-0.2, -0.15) is 4.39 Å². The summed E-state index contributed by atoms with van der Waals surface area (Å²) in [5.74, 6) is -2.43. The molecule has 7 heteroatoms. The molecule has 0 radical (unpaired) electrons. The highest BCUT2D eigenvalue weighted by molar-refractivity contribution is 5.95. The molecular weight excluding hydrogens is 207 g/mol. The van der Waals surface area contributed by atoms with Crippen molar-refractivity contribution in [3.8, 4) is 0 Å². The molecule has 0 aliphatic heterocycles. The number of benzene rings is 1.